The van der Waals surface area contributed by atoms with Crippen molar-refractivity contribution in [1.82, 2.24) is 19.9 Å². The van der Waals surface area contributed by atoms with E-state index < -0.39 is 0 Å². The van der Waals surface area contributed by atoms with Crippen LogP contribution in [-0.4, -0.2) is 40.6 Å². The summed E-state index contributed by atoms with van der Waals surface area (Å²) in [5.41, 5.74) is 1.58. The van der Waals surface area contributed by atoms with E-state index in [9.17, 15) is 0 Å². The zero-order valence-corrected chi connectivity index (χ0v) is 11.4. The van der Waals surface area contributed by atoms with Crippen LogP contribution in [0.3, 0.4) is 0 Å². The van der Waals surface area contributed by atoms with Gasteiger partial charge in [-0.15, -0.1) is 0 Å². The van der Waals surface area contributed by atoms with Crippen LogP contribution in [-0.2, 0) is 0 Å². The van der Waals surface area contributed by atoms with Crippen molar-refractivity contribution < 1.29 is 0 Å². The minimum atomic E-state index is 0.598. The van der Waals surface area contributed by atoms with Crippen molar-refractivity contribution in [3.63, 3.8) is 0 Å². The Hall–Kier alpha value is -1.85. The monoisotopic (exact) mass is 248 g/mol. The highest BCUT2D eigenvalue weighted by atomic mass is 15.2. The summed E-state index contributed by atoms with van der Waals surface area (Å²) < 4.78 is 0. The van der Waals surface area contributed by atoms with Gasteiger partial charge < -0.3 is 15.2 Å². The summed E-state index contributed by atoms with van der Waals surface area (Å²) in [7, 11) is 3.86. The van der Waals surface area contributed by atoms with Crippen LogP contribution in [0.4, 0.5) is 11.8 Å². The van der Waals surface area contributed by atoms with Gasteiger partial charge in [-0.3, -0.25) is 0 Å². The molecule has 0 saturated heterocycles. The predicted octanol–water partition coefficient (Wildman–Crippen LogP) is 1.88. The zero-order valence-electron chi connectivity index (χ0n) is 11.4. The molecule has 0 radical (unpaired) electrons. The maximum absolute atomic E-state index is 4.51. The van der Waals surface area contributed by atoms with E-state index in [-0.39, 0.29) is 0 Å². The fourth-order valence-corrected chi connectivity index (χ4v) is 1.89. The number of anilines is 2. The molecule has 1 unspecified atom stereocenters. The molecule has 0 bridgehead atoms. The van der Waals surface area contributed by atoms with Gasteiger partial charge in [0.15, 0.2) is 11.5 Å². The number of aromatic nitrogens is 4. The molecule has 18 heavy (non-hydrogen) atoms. The Morgan fingerprint density at radius 2 is 2.22 bits per heavy atom. The molecule has 2 rings (SSSR count). The molecule has 6 nitrogen and oxygen atoms in total. The van der Waals surface area contributed by atoms with Crippen LogP contribution in [0.15, 0.2) is 6.33 Å². The summed E-state index contributed by atoms with van der Waals surface area (Å²) in [4.78, 5) is 18.3. The lowest BCUT2D eigenvalue weighted by molar-refractivity contribution is 0.558. The Morgan fingerprint density at radius 1 is 1.44 bits per heavy atom. The average Bonchev–Trinajstić information content (AvgIpc) is 2.85. The lowest BCUT2D eigenvalue weighted by atomic mass is 10.1. The van der Waals surface area contributed by atoms with Crippen LogP contribution in [0.25, 0.3) is 11.2 Å². The van der Waals surface area contributed by atoms with Crippen molar-refractivity contribution in [1.29, 1.82) is 0 Å². The smallest absolute Gasteiger partial charge is 0.226 e. The van der Waals surface area contributed by atoms with Crippen molar-refractivity contribution in [2.45, 2.75) is 20.3 Å². The molecule has 0 amide bonds. The number of fused-ring (bicyclic) bond motifs is 1. The minimum absolute atomic E-state index is 0.598. The molecule has 2 heterocycles. The fourth-order valence-electron chi connectivity index (χ4n) is 1.89. The van der Waals surface area contributed by atoms with Gasteiger partial charge in [-0.25, -0.2) is 4.98 Å². The summed E-state index contributed by atoms with van der Waals surface area (Å²) >= 11 is 0. The first-order chi connectivity index (χ1) is 8.65. The van der Waals surface area contributed by atoms with Gasteiger partial charge in [-0.2, -0.15) is 9.97 Å². The molecule has 98 valence electrons. The van der Waals surface area contributed by atoms with Crippen LogP contribution in [0.5, 0.6) is 0 Å². The number of nitrogens with one attached hydrogen (secondary N) is 2. The highest BCUT2D eigenvalue weighted by Gasteiger charge is 2.14. The topological polar surface area (TPSA) is 69.7 Å². The molecule has 0 saturated carbocycles. The van der Waals surface area contributed by atoms with Gasteiger partial charge in [-0.1, -0.05) is 20.3 Å². The second-order valence-electron chi connectivity index (χ2n) is 4.62. The standard InChI is InChI=1S/C12H20N6/c1-5-8(2)6-18(4)11-9-10(15-7-14-9)16-12(13-3)17-11/h7-8H,5-6H2,1-4H3,(H2,13,14,15,16,17). The molecule has 0 aliphatic carbocycles. The maximum atomic E-state index is 4.51. The number of aromatic amines is 1. The molecule has 2 N–H and O–H groups in total. The second kappa shape index (κ2) is 5.20. The Morgan fingerprint density at radius 3 is 2.89 bits per heavy atom. The van der Waals surface area contributed by atoms with Crippen molar-refractivity contribution in [2.75, 3.05) is 30.9 Å². The molecular formula is C12H20N6. The van der Waals surface area contributed by atoms with E-state index in [1.165, 1.54) is 0 Å². The largest absolute Gasteiger partial charge is 0.357 e. The summed E-state index contributed by atoms with van der Waals surface area (Å²) in [6.07, 6.45) is 2.81. The van der Waals surface area contributed by atoms with Gasteiger partial charge in [-0.05, 0) is 5.92 Å². The van der Waals surface area contributed by atoms with Crippen LogP contribution < -0.4 is 10.2 Å². The SMILES string of the molecule is CCC(C)CN(C)c1nc(NC)nc2nc[nH]c12. The quantitative estimate of drug-likeness (QED) is 0.845. The van der Waals surface area contributed by atoms with Crippen molar-refractivity contribution in [2.24, 2.45) is 5.92 Å². The van der Waals surface area contributed by atoms with Crippen LogP contribution in [0, 0.1) is 5.92 Å². The molecule has 0 spiro atoms. The average molecular weight is 248 g/mol. The fraction of sp³-hybridized carbons (Fsp3) is 0.583. The van der Waals surface area contributed by atoms with E-state index in [1.807, 2.05) is 14.1 Å². The zero-order chi connectivity index (χ0) is 13.1. The van der Waals surface area contributed by atoms with Gasteiger partial charge in [0, 0.05) is 20.6 Å². The number of nitrogens with zero attached hydrogens (tertiary/aromatic N) is 4. The predicted molar refractivity (Wildman–Crippen MR) is 74.0 cm³/mol. The number of hydrogen-bond donors (Lipinski definition) is 2. The summed E-state index contributed by atoms with van der Waals surface area (Å²) in [6, 6.07) is 0. The van der Waals surface area contributed by atoms with Crippen LogP contribution in [0.2, 0.25) is 0 Å². The molecule has 0 aliphatic rings. The van der Waals surface area contributed by atoms with Crippen LogP contribution in [0.1, 0.15) is 20.3 Å². The first kappa shape index (κ1) is 12.6. The van der Waals surface area contributed by atoms with Gasteiger partial charge >= 0.3 is 0 Å². The summed E-state index contributed by atoms with van der Waals surface area (Å²) in [6.45, 7) is 5.40. The van der Waals surface area contributed by atoms with Gasteiger partial charge in [0.25, 0.3) is 0 Å². The number of rotatable bonds is 5. The molecule has 1 atom stereocenters. The lowest BCUT2D eigenvalue weighted by Crippen LogP contribution is -2.25. The molecular weight excluding hydrogens is 228 g/mol. The number of imidazole rings is 1. The van der Waals surface area contributed by atoms with E-state index >= 15 is 0 Å². The Balaban J connectivity index is 2.38. The van der Waals surface area contributed by atoms with Gasteiger partial charge in [0.2, 0.25) is 5.95 Å². The lowest BCUT2D eigenvalue weighted by Gasteiger charge is -2.22. The molecule has 2 aromatic rings. The molecule has 6 heteroatoms. The third kappa shape index (κ3) is 2.37. The third-order valence-corrected chi connectivity index (χ3v) is 3.13. The van der Waals surface area contributed by atoms with Gasteiger partial charge in [0.05, 0.1) is 6.33 Å². The Bertz CT molecular complexity index is 520. The number of hydrogen-bond acceptors (Lipinski definition) is 5. The Labute approximate surface area is 107 Å². The van der Waals surface area contributed by atoms with E-state index in [0.29, 0.717) is 17.5 Å². The highest BCUT2D eigenvalue weighted by molar-refractivity contribution is 5.84. The van der Waals surface area contributed by atoms with Crippen molar-refractivity contribution in [3.05, 3.63) is 6.33 Å². The molecule has 0 fully saturated rings. The molecule has 0 aromatic carbocycles. The van der Waals surface area contributed by atoms with E-state index in [0.717, 1.165) is 24.3 Å². The summed E-state index contributed by atoms with van der Waals surface area (Å²) in [5, 5.41) is 2.97. The van der Waals surface area contributed by atoms with Crippen LogP contribution >= 0.6 is 0 Å². The Kier molecular flexibility index (Phi) is 3.64. The number of H-pyrrole nitrogens is 1. The van der Waals surface area contributed by atoms with Crippen molar-refractivity contribution >= 4 is 22.9 Å². The van der Waals surface area contributed by atoms with E-state index in [4.69, 9.17) is 0 Å². The van der Waals surface area contributed by atoms with Crippen molar-refractivity contribution in [3.8, 4) is 0 Å². The third-order valence-electron chi connectivity index (χ3n) is 3.13. The maximum Gasteiger partial charge on any atom is 0.226 e. The molecule has 2 aromatic heterocycles. The minimum Gasteiger partial charge on any atom is -0.357 e. The first-order valence-electron chi connectivity index (χ1n) is 6.25. The van der Waals surface area contributed by atoms with E-state index in [2.05, 4.69) is 44.0 Å². The van der Waals surface area contributed by atoms with E-state index in [1.54, 1.807) is 6.33 Å². The summed E-state index contributed by atoms with van der Waals surface area (Å²) in [5.74, 6) is 2.11. The normalized spacial score (nSPS) is 12.7. The van der Waals surface area contributed by atoms with Gasteiger partial charge in [0.1, 0.15) is 5.52 Å². The molecule has 0 aliphatic heterocycles. The second-order valence-corrected chi connectivity index (χ2v) is 4.62. The highest BCUT2D eigenvalue weighted by Crippen LogP contribution is 2.22. The first-order valence-corrected chi connectivity index (χ1v) is 6.25.